The summed E-state index contributed by atoms with van der Waals surface area (Å²) in [7, 11) is 3.91. The highest BCUT2D eigenvalue weighted by molar-refractivity contribution is 5.62. The van der Waals surface area contributed by atoms with Gasteiger partial charge in [0.25, 0.3) is 0 Å². The van der Waals surface area contributed by atoms with Crippen molar-refractivity contribution in [3.05, 3.63) is 35.4 Å². The Hall–Kier alpha value is -1.52. The van der Waals surface area contributed by atoms with Crippen molar-refractivity contribution in [2.75, 3.05) is 20.7 Å². The predicted octanol–water partition coefficient (Wildman–Crippen LogP) is 1.50. The van der Waals surface area contributed by atoms with E-state index in [9.17, 15) is 5.11 Å². The van der Waals surface area contributed by atoms with Gasteiger partial charge in [0.05, 0.1) is 7.11 Å². The first-order valence-corrected chi connectivity index (χ1v) is 8.10. The van der Waals surface area contributed by atoms with Crippen LogP contribution in [0.3, 0.4) is 0 Å². The maximum Gasteiger partial charge on any atom is 0.165 e. The number of nitrogens with zero attached hydrogens (tertiary/aromatic N) is 1. The predicted molar refractivity (Wildman–Crippen MR) is 82.5 cm³/mol. The van der Waals surface area contributed by atoms with Gasteiger partial charge in [0.1, 0.15) is 12.2 Å². The zero-order valence-electron chi connectivity index (χ0n) is 13.0. The molecule has 1 N–H and O–H groups in total. The normalized spacial score (nSPS) is 41.0. The van der Waals surface area contributed by atoms with E-state index in [1.807, 2.05) is 12.1 Å². The Kier molecular flexibility index (Phi) is 2.39. The van der Waals surface area contributed by atoms with Gasteiger partial charge in [-0.15, -0.1) is 0 Å². The summed E-state index contributed by atoms with van der Waals surface area (Å²) in [4.78, 5) is 2.47. The lowest BCUT2D eigenvalue weighted by Crippen LogP contribution is -2.64. The van der Waals surface area contributed by atoms with Crippen LogP contribution in [-0.2, 0) is 11.8 Å². The van der Waals surface area contributed by atoms with E-state index in [0.717, 1.165) is 30.9 Å². The van der Waals surface area contributed by atoms with Crippen molar-refractivity contribution in [1.82, 2.24) is 4.90 Å². The van der Waals surface area contributed by atoms with Crippen LogP contribution in [0.2, 0.25) is 0 Å². The van der Waals surface area contributed by atoms with Gasteiger partial charge in [-0.1, -0.05) is 18.2 Å². The maximum atomic E-state index is 10.6. The van der Waals surface area contributed by atoms with Crippen molar-refractivity contribution in [3.8, 4) is 11.5 Å². The third-order valence-electron chi connectivity index (χ3n) is 6.35. The molecular formula is C18H21NO3. The molecule has 4 heteroatoms. The topological polar surface area (TPSA) is 41.9 Å². The van der Waals surface area contributed by atoms with E-state index in [2.05, 4.69) is 24.1 Å². The Morgan fingerprint density at radius 1 is 1.36 bits per heavy atom. The van der Waals surface area contributed by atoms with E-state index in [1.54, 1.807) is 7.11 Å². The molecule has 1 fully saturated rings. The van der Waals surface area contributed by atoms with Crippen LogP contribution in [0.5, 0.6) is 11.5 Å². The quantitative estimate of drug-likeness (QED) is 0.798. The first-order chi connectivity index (χ1) is 10.7. The fourth-order valence-electron chi connectivity index (χ4n) is 5.39. The highest BCUT2D eigenvalue weighted by atomic mass is 16.5. The average Bonchev–Trinajstić information content (AvgIpc) is 2.88. The molecule has 4 nitrogen and oxygen atoms in total. The van der Waals surface area contributed by atoms with Gasteiger partial charge in [-0.3, -0.25) is 0 Å². The second-order valence-corrected chi connectivity index (χ2v) is 7.11. The number of piperidine rings is 1. The summed E-state index contributed by atoms with van der Waals surface area (Å²) in [5, 5.41) is 10.6. The molecule has 5 rings (SSSR count). The zero-order chi connectivity index (χ0) is 15.1. The third kappa shape index (κ3) is 1.28. The summed E-state index contributed by atoms with van der Waals surface area (Å²) in [6.45, 7) is 1.05. The van der Waals surface area contributed by atoms with Gasteiger partial charge in [-0.2, -0.15) is 0 Å². The minimum Gasteiger partial charge on any atom is -0.493 e. The minimum absolute atomic E-state index is 0.0806. The van der Waals surface area contributed by atoms with E-state index < -0.39 is 6.10 Å². The fraction of sp³-hybridized carbons (Fsp3) is 0.556. The Morgan fingerprint density at radius 2 is 2.23 bits per heavy atom. The summed E-state index contributed by atoms with van der Waals surface area (Å²) in [6.07, 6.45) is 5.54. The largest absolute Gasteiger partial charge is 0.493 e. The second-order valence-electron chi connectivity index (χ2n) is 7.11. The molecular weight excluding hydrogens is 278 g/mol. The van der Waals surface area contributed by atoms with Crippen LogP contribution < -0.4 is 9.47 Å². The molecule has 4 aliphatic rings. The van der Waals surface area contributed by atoms with Crippen LogP contribution >= 0.6 is 0 Å². The van der Waals surface area contributed by atoms with Crippen molar-refractivity contribution < 1.29 is 14.6 Å². The number of benzene rings is 1. The van der Waals surface area contributed by atoms with E-state index in [4.69, 9.17) is 9.47 Å². The summed E-state index contributed by atoms with van der Waals surface area (Å²) in [6, 6.07) is 4.70. The molecule has 1 aromatic rings. The smallest absolute Gasteiger partial charge is 0.165 e. The first kappa shape index (κ1) is 13.0. The lowest BCUT2D eigenvalue weighted by atomic mass is 9.53. The van der Waals surface area contributed by atoms with Crippen LogP contribution in [-0.4, -0.2) is 49.0 Å². The van der Waals surface area contributed by atoms with Gasteiger partial charge in [-0.05, 0) is 38.1 Å². The number of hydrogen-bond donors (Lipinski definition) is 1. The molecule has 2 aliphatic carbocycles. The van der Waals surface area contributed by atoms with Crippen molar-refractivity contribution in [3.63, 3.8) is 0 Å². The van der Waals surface area contributed by atoms with Crippen molar-refractivity contribution in [1.29, 1.82) is 0 Å². The maximum absolute atomic E-state index is 10.6. The molecule has 2 heterocycles. The number of ether oxygens (including phenoxy) is 2. The molecule has 0 amide bonds. The Labute approximate surface area is 130 Å². The first-order valence-electron chi connectivity index (χ1n) is 8.10. The van der Waals surface area contributed by atoms with Crippen LogP contribution in [0.15, 0.2) is 24.3 Å². The van der Waals surface area contributed by atoms with E-state index >= 15 is 0 Å². The van der Waals surface area contributed by atoms with Crippen LogP contribution in [0.1, 0.15) is 17.5 Å². The molecule has 22 heavy (non-hydrogen) atoms. The Morgan fingerprint density at radius 3 is 3.05 bits per heavy atom. The second kappa shape index (κ2) is 4.06. The number of likely N-dealkylation sites (N-methyl/N-ethyl adjacent to an activating group) is 1. The van der Waals surface area contributed by atoms with E-state index in [0.29, 0.717) is 12.0 Å². The Balaban J connectivity index is 1.82. The van der Waals surface area contributed by atoms with Gasteiger partial charge in [0.15, 0.2) is 11.5 Å². The number of hydrogen-bond acceptors (Lipinski definition) is 4. The monoisotopic (exact) mass is 299 g/mol. The zero-order valence-corrected chi connectivity index (χ0v) is 13.0. The molecule has 0 saturated carbocycles. The number of aliphatic hydroxyl groups excluding tert-OH is 1. The van der Waals surface area contributed by atoms with Gasteiger partial charge in [-0.25, -0.2) is 0 Å². The molecule has 1 saturated heterocycles. The molecule has 2 aliphatic heterocycles. The van der Waals surface area contributed by atoms with E-state index in [1.165, 1.54) is 11.1 Å². The van der Waals surface area contributed by atoms with Crippen LogP contribution in [0.4, 0.5) is 0 Å². The highest BCUT2D eigenvalue weighted by Gasteiger charge is 2.64. The van der Waals surface area contributed by atoms with Gasteiger partial charge in [0, 0.05) is 22.9 Å². The minimum atomic E-state index is -0.539. The van der Waals surface area contributed by atoms with Crippen molar-refractivity contribution in [2.45, 2.75) is 36.5 Å². The Bertz CT molecular complexity index is 685. The fourth-order valence-corrected chi connectivity index (χ4v) is 5.39. The summed E-state index contributed by atoms with van der Waals surface area (Å²) in [5.74, 6) is 2.09. The molecule has 1 aromatic carbocycles. The summed E-state index contributed by atoms with van der Waals surface area (Å²) >= 11 is 0. The molecule has 0 unspecified atom stereocenters. The molecule has 1 spiro atoms. The number of likely N-dealkylation sites (tertiary alicyclic amines) is 1. The SMILES string of the molecule is COc1ccc2c3c1O[C@@H]1[C@H](O)C=C[C@H]4[C@H](C2)N(C)CC[C@]314. The molecule has 2 bridgehead atoms. The third-order valence-corrected chi connectivity index (χ3v) is 6.35. The average molecular weight is 299 g/mol. The van der Waals surface area contributed by atoms with Crippen molar-refractivity contribution in [2.24, 2.45) is 5.92 Å². The van der Waals surface area contributed by atoms with Gasteiger partial charge in [0.2, 0.25) is 0 Å². The highest BCUT2D eigenvalue weighted by Crippen LogP contribution is 2.62. The standard InChI is InChI=1S/C18H21NO3/c1-19-8-7-18-11-4-5-13(20)17(18)22-16-14(21-2)6-3-10(15(16)18)9-12(11)19/h3-6,11-13,17,20H,7-9H2,1-2H3/t11-,12-,13+,17+,18-/m0/s1. The lowest BCUT2D eigenvalue weighted by molar-refractivity contribution is -0.0453. The van der Waals surface area contributed by atoms with E-state index in [-0.39, 0.29) is 11.5 Å². The molecule has 0 aromatic heterocycles. The summed E-state index contributed by atoms with van der Waals surface area (Å²) in [5.41, 5.74) is 2.60. The van der Waals surface area contributed by atoms with Gasteiger partial charge < -0.3 is 19.5 Å². The van der Waals surface area contributed by atoms with Crippen LogP contribution in [0.25, 0.3) is 0 Å². The molecule has 116 valence electrons. The molecule has 5 atom stereocenters. The van der Waals surface area contributed by atoms with Gasteiger partial charge >= 0.3 is 0 Å². The lowest BCUT2D eigenvalue weighted by Gasteiger charge is -2.56. The number of aliphatic hydroxyl groups is 1. The van der Waals surface area contributed by atoms with Crippen LogP contribution in [0, 0.1) is 5.92 Å². The number of methoxy groups -OCH3 is 1. The number of rotatable bonds is 1. The van der Waals surface area contributed by atoms with Crippen molar-refractivity contribution >= 4 is 0 Å². The molecule has 0 radical (unpaired) electrons. The summed E-state index contributed by atoms with van der Waals surface area (Å²) < 4.78 is 11.8.